The molecule has 1 aromatic heterocycles. The Morgan fingerprint density at radius 3 is 2.55 bits per heavy atom. The molecule has 0 saturated carbocycles. The lowest BCUT2D eigenvalue weighted by atomic mass is 9.91. The Morgan fingerprint density at radius 1 is 1.13 bits per heavy atom. The minimum Gasteiger partial charge on any atom is -0.446 e. The molecule has 2 heterocycles. The van der Waals surface area contributed by atoms with E-state index in [1.54, 1.807) is 18.2 Å². The third kappa shape index (κ3) is 5.64. The minimum atomic E-state index is -0.682. The first kappa shape index (κ1) is 22.8. The molecule has 0 atom stereocenters. The SMILES string of the molecule is Cc1cc(C)c(/C=C2\C(=O)N(C(=O)OCCOCCCC(C)(C)C)c3ccccc32)[nH]1. The van der Waals surface area contributed by atoms with Gasteiger partial charge in [-0.15, -0.1) is 0 Å². The van der Waals surface area contributed by atoms with E-state index in [4.69, 9.17) is 9.47 Å². The van der Waals surface area contributed by atoms with Crippen molar-refractivity contribution in [2.24, 2.45) is 5.41 Å². The molecular formula is C25H32N2O4. The molecule has 1 aromatic carbocycles. The van der Waals surface area contributed by atoms with Gasteiger partial charge in [-0.2, -0.15) is 0 Å². The van der Waals surface area contributed by atoms with Crippen LogP contribution in [0.2, 0.25) is 0 Å². The van der Waals surface area contributed by atoms with Crippen molar-refractivity contribution in [1.82, 2.24) is 4.98 Å². The summed E-state index contributed by atoms with van der Waals surface area (Å²) in [6.45, 7) is 11.6. The number of fused-ring (bicyclic) bond motifs is 1. The van der Waals surface area contributed by atoms with E-state index in [0.717, 1.165) is 40.3 Å². The molecule has 166 valence electrons. The smallest absolute Gasteiger partial charge is 0.421 e. The van der Waals surface area contributed by atoms with Gasteiger partial charge >= 0.3 is 6.09 Å². The molecule has 0 radical (unpaired) electrons. The van der Waals surface area contributed by atoms with E-state index in [1.165, 1.54) is 0 Å². The molecule has 3 rings (SSSR count). The lowest BCUT2D eigenvalue weighted by Crippen LogP contribution is -2.34. The Labute approximate surface area is 184 Å². The first-order valence-electron chi connectivity index (χ1n) is 10.7. The third-order valence-corrected chi connectivity index (χ3v) is 5.20. The molecule has 1 aliphatic rings. The summed E-state index contributed by atoms with van der Waals surface area (Å²) in [5.74, 6) is -0.385. The van der Waals surface area contributed by atoms with Gasteiger partial charge in [-0.3, -0.25) is 4.79 Å². The topological polar surface area (TPSA) is 71.6 Å². The number of nitrogens with zero attached hydrogens (tertiary/aromatic N) is 1. The Morgan fingerprint density at radius 2 is 1.87 bits per heavy atom. The maximum Gasteiger partial charge on any atom is 0.421 e. The van der Waals surface area contributed by atoms with Crippen LogP contribution in [0.1, 0.15) is 56.1 Å². The van der Waals surface area contributed by atoms with Crippen molar-refractivity contribution in [2.75, 3.05) is 24.7 Å². The highest BCUT2D eigenvalue weighted by molar-refractivity contribution is 6.41. The molecule has 0 spiro atoms. The Bertz CT molecular complexity index is 982. The van der Waals surface area contributed by atoms with E-state index >= 15 is 0 Å². The minimum absolute atomic E-state index is 0.105. The predicted octanol–water partition coefficient (Wildman–Crippen LogP) is 5.50. The number of hydrogen-bond donors (Lipinski definition) is 1. The Balaban J connectivity index is 1.63. The Kier molecular flexibility index (Phi) is 7.01. The molecular weight excluding hydrogens is 392 g/mol. The number of imide groups is 1. The second-order valence-electron chi connectivity index (χ2n) is 9.16. The van der Waals surface area contributed by atoms with Crippen LogP contribution >= 0.6 is 0 Å². The van der Waals surface area contributed by atoms with Crippen LogP contribution in [0.5, 0.6) is 0 Å². The number of rotatable bonds is 7. The van der Waals surface area contributed by atoms with Crippen LogP contribution < -0.4 is 4.90 Å². The van der Waals surface area contributed by atoms with Crippen LogP contribution in [0.25, 0.3) is 11.6 Å². The number of aromatic nitrogens is 1. The quantitative estimate of drug-likeness (QED) is 0.471. The molecule has 2 amide bonds. The molecule has 2 aromatic rings. The summed E-state index contributed by atoms with van der Waals surface area (Å²) in [7, 11) is 0. The summed E-state index contributed by atoms with van der Waals surface area (Å²) in [6.07, 6.45) is 3.15. The number of carbonyl (C=O) groups excluding carboxylic acids is 2. The largest absolute Gasteiger partial charge is 0.446 e. The fourth-order valence-corrected chi connectivity index (χ4v) is 3.67. The van der Waals surface area contributed by atoms with Crippen molar-refractivity contribution in [3.05, 3.63) is 52.8 Å². The van der Waals surface area contributed by atoms with Gasteiger partial charge in [0.15, 0.2) is 0 Å². The summed E-state index contributed by atoms with van der Waals surface area (Å²) in [4.78, 5) is 30.2. The van der Waals surface area contributed by atoms with Crippen LogP contribution in [0.3, 0.4) is 0 Å². The van der Waals surface area contributed by atoms with E-state index in [-0.39, 0.29) is 17.9 Å². The number of hydrogen-bond acceptors (Lipinski definition) is 4. The monoisotopic (exact) mass is 424 g/mol. The highest BCUT2D eigenvalue weighted by Crippen LogP contribution is 2.38. The van der Waals surface area contributed by atoms with Gasteiger partial charge in [-0.25, -0.2) is 9.69 Å². The second kappa shape index (κ2) is 9.52. The van der Waals surface area contributed by atoms with Crippen molar-refractivity contribution in [3.63, 3.8) is 0 Å². The molecule has 0 bridgehead atoms. The van der Waals surface area contributed by atoms with E-state index in [1.807, 2.05) is 32.0 Å². The van der Waals surface area contributed by atoms with Gasteiger partial charge in [-0.05, 0) is 55.9 Å². The molecule has 6 heteroatoms. The maximum absolute atomic E-state index is 13.1. The van der Waals surface area contributed by atoms with Crippen molar-refractivity contribution in [1.29, 1.82) is 0 Å². The van der Waals surface area contributed by atoms with Gasteiger partial charge in [0.25, 0.3) is 5.91 Å². The average Bonchev–Trinajstić information content (AvgIpc) is 3.16. The summed E-state index contributed by atoms with van der Waals surface area (Å²) >= 11 is 0. The number of nitrogens with one attached hydrogen (secondary N) is 1. The summed E-state index contributed by atoms with van der Waals surface area (Å²) in [6, 6.07) is 9.27. The van der Waals surface area contributed by atoms with Gasteiger partial charge < -0.3 is 14.5 Å². The van der Waals surface area contributed by atoms with E-state index < -0.39 is 6.09 Å². The highest BCUT2D eigenvalue weighted by Gasteiger charge is 2.37. The number of H-pyrrole nitrogens is 1. The first-order valence-corrected chi connectivity index (χ1v) is 10.7. The van der Waals surface area contributed by atoms with Gasteiger partial charge in [0.05, 0.1) is 17.9 Å². The molecule has 0 fully saturated rings. The van der Waals surface area contributed by atoms with Crippen LogP contribution in [0.15, 0.2) is 30.3 Å². The fraction of sp³-hybridized carbons (Fsp3) is 0.440. The van der Waals surface area contributed by atoms with Crippen LogP contribution in [-0.4, -0.2) is 36.8 Å². The van der Waals surface area contributed by atoms with Crippen molar-refractivity contribution in [3.8, 4) is 0 Å². The van der Waals surface area contributed by atoms with Crippen LogP contribution in [0, 0.1) is 19.3 Å². The fourth-order valence-electron chi connectivity index (χ4n) is 3.67. The van der Waals surface area contributed by atoms with Gasteiger partial charge in [-0.1, -0.05) is 39.0 Å². The number of para-hydroxylation sites is 1. The normalized spacial score (nSPS) is 14.9. The highest BCUT2D eigenvalue weighted by atomic mass is 16.6. The molecule has 1 aliphatic heterocycles. The number of carbonyl (C=O) groups is 2. The third-order valence-electron chi connectivity index (χ3n) is 5.20. The van der Waals surface area contributed by atoms with Gasteiger partial charge in [0.1, 0.15) is 6.61 Å². The molecule has 0 aliphatic carbocycles. The number of aromatic amines is 1. The molecule has 0 saturated heterocycles. The van der Waals surface area contributed by atoms with Crippen molar-refractivity contribution < 1.29 is 19.1 Å². The van der Waals surface area contributed by atoms with Crippen molar-refractivity contribution in [2.45, 2.75) is 47.5 Å². The molecule has 6 nitrogen and oxygen atoms in total. The average molecular weight is 425 g/mol. The second-order valence-corrected chi connectivity index (χ2v) is 9.16. The van der Waals surface area contributed by atoms with Crippen molar-refractivity contribution >= 4 is 29.3 Å². The van der Waals surface area contributed by atoms with E-state index in [0.29, 0.717) is 24.5 Å². The maximum atomic E-state index is 13.1. The van der Waals surface area contributed by atoms with Gasteiger partial charge in [0.2, 0.25) is 0 Å². The lowest BCUT2D eigenvalue weighted by Gasteiger charge is -2.17. The Hall–Kier alpha value is -2.86. The number of aryl methyl sites for hydroxylation is 2. The standard InChI is InChI=1S/C25H32N2O4/c1-17-15-18(2)26-21(17)16-20-19-9-6-7-10-22(19)27(23(20)28)24(29)31-14-13-30-12-8-11-25(3,4)5/h6-7,9-10,15-16,26H,8,11-14H2,1-5H3/b20-16-. The van der Waals surface area contributed by atoms with E-state index in [9.17, 15) is 9.59 Å². The first-order chi connectivity index (χ1) is 14.7. The molecule has 1 N–H and O–H groups in total. The van der Waals surface area contributed by atoms with Crippen LogP contribution in [-0.2, 0) is 14.3 Å². The summed E-state index contributed by atoms with van der Waals surface area (Å²) < 4.78 is 10.9. The number of benzene rings is 1. The number of ether oxygens (including phenoxy) is 2. The zero-order valence-electron chi connectivity index (χ0n) is 19.1. The summed E-state index contributed by atoms with van der Waals surface area (Å²) in [5.41, 5.74) is 4.92. The number of anilines is 1. The molecule has 31 heavy (non-hydrogen) atoms. The van der Waals surface area contributed by atoms with Crippen LogP contribution in [0.4, 0.5) is 10.5 Å². The van der Waals surface area contributed by atoms with E-state index in [2.05, 4.69) is 25.8 Å². The predicted molar refractivity (Wildman–Crippen MR) is 123 cm³/mol. The zero-order chi connectivity index (χ0) is 22.6. The summed E-state index contributed by atoms with van der Waals surface area (Å²) in [5, 5.41) is 0. The lowest BCUT2D eigenvalue weighted by molar-refractivity contribution is -0.112. The molecule has 0 unspecified atom stereocenters. The zero-order valence-corrected chi connectivity index (χ0v) is 19.1. The van der Waals surface area contributed by atoms with Gasteiger partial charge in [0, 0.05) is 23.6 Å². The number of amides is 2.